The Bertz CT molecular complexity index is 342. The Labute approximate surface area is 91.7 Å². The zero-order valence-electron chi connectivity index (χ0n) is 9.79. The van der Waals surface area contributed by atoms with Gasteiger partial charge in [0.1, 0.15) is 5.75 Å². The van der Waals surface area contributed by atoms with Crippen LogP contribution in [0.3, 0.4) is 0 Å². The molecule has 2 nitrogen and oxygen atoms in total. The summed E-state index contributed by atoms with van der Waals surface area (Å²) in [4.78, 5) is 4.40. The fourth-order valence-corrected chi connectivity index (χ4v) is 1.70. The minimum Gasteiger partial charge on any atom is -0.488 e. The average molecular weight is 205 g/mol. The molecule has 0 radical (unpaired) electrons. The van der Waals surface area contributed by atoms with E-state index in [9.17, 15) is 0 Å². The zero-order valence-corrected chi connectivity index (χ0v) is 9.79. The van der Waals surface area contributed by atoms with Crippen LogP contribution in [0.25, 0.3) is 0 Å². The Morgan fingerprint density at radius 3 is 2.73 bits per heavy atom. The van der Waals surface area contributed by atoms with Crippen molar-refractivity contribution in [2.45, 2.75) is 52.1 Å². The largest absolute Gasteiger partial charge is 0.488 e. The first-order valence-corrected chi connectivity index (χ1v) is 5.86. The highest BCUT2D eigenvalue weighted by atomic mass is 16.5. The highest BCUT2D eigenvalue weighted by molar-refractivity contribution is 5.39. The first-order valence-electron chi connectivity index (χ1n) is 5.86. The number of aryl methyl sites for hydroxylation is 1. The highest BCUT2D eigenvalue weighted by Crippen LogP contribution is 2.34. The van der Waals surface area contributed by atoms with Gasteiger partial charge in [-0.25, -0.2) is 0 Å². The molecule has 82 valence electrons. The van der Waals surface area contributed by atoms with Crippen LogP contribution in [0.5, 0.6) is 5.75 Å². The van der Waals surface area contributed by atoms with Gasteiger partial charge in [0.15, 0.2) is 0 Å². The predicted molar refractivity (Wildman–Crippen MR) is 61.4 cm³/mol. The summed E-state index contributed by atoms with van der Waals surface area (Å²) >= 11 is 0. The molecule has 1 saturated carbocycles. The lowest BCUT2D eigenvalue weighted by Gasteiger charge is -2.16. The van der Waals surface area contributed by atoms with Crippen molar-refractivity contribution in [3.63, 3.8) is 0 Å². The van der Waals surface area contributed by atoms with E-state index in [0.717, 1.165) is 17.9 Å². The van der Waals surface area contributed by atoms with Gasteiger partial charge in [-0.3, -0.25) is 4.98 Å². The number of ether oxygens (including phenoxy) is 1. The van der Waals surface area contributed by atoms with Gasteiger partial charge in [-0.1, -0.05) is 20.8 Å². The van der Waals surface area contributed by atoms with E-state index in [-0.39, 0.29) is 0 Å². The summed E-state index contributed by atoms with van der Waals surface area (Å²) in [5, 5.41) is 0. The normalized spacial score (nSPS) is 15.7. The molecule has 1 aliphatic rings. The maximum Gasteiger partial charge on any atom is 0.144 e. The maximum atomic E-state index is 5.98. The molecule has 1 aromatic heterocycles. The second-order valence-electron chi connectivity index (χ2n) is 4.50. The van der Waals surface area contributed by atoms with Crippen molar-refractivity contribution in [3.8, 4) is 5.75 Å². The number of hydrogen-bond acceptors (Lipinski definition) is 2. The molecule has 2 rings (SSSR count). The van der Waals surface area contributed by atoms with Crippen molar-refractivity contribution < 1.29 is 4.74 Å². The Hall–Kier alpha value is -1.05. The second kappa shape index (κ2) is 4.21. The Kier molecular flexibility index (Phi) is 2.94. The SMILES string of the molecule is CCc1nccc(C(C)C)c1OC1CC1. The van der Waals surface area contributed by atoms with Gasteiger partial charge in [0.2, 0.25) is 0 Å². The van der Waals surface area contributed by atoms with Crippen LogP contribution in [0.2, 0.25) is 0 Å². The van der Waals surface area contributed by atoms with Gasteiger partial charge < -0.3 is 4.74 Å². The second-order valence-corrected chi connectivity index (χ2v) is 4.50. The predicted octanol–water partition coefficient (Wildman–Crippen LogP) is 3.31. The third-order valence-electron chi connectivity index (χ3n) is 2.77. The van der Waals surface area contributed by atoms with E-state index in [4.69, 9.17) is 4.74 Å². The minimum absolute atomic E-state index is 0.456. The molecule has 0 N–H and O–H groups in total. The van der Waals surface area contributed by atoms with E-state index in [1.165, 1.54) is 18.4 Å². The van der Waals surface area contributed by atoms with E-state index in [1.54, 1.807) is 0 Å². The van der Waals surface area contributed by atoms with Crippen LogP contribution >= 0.6 is 0 Å². The van der Waals surface area contributed by atoms with Gasteiger partial charge in [-0.15, -0.1) is 0 Å². The number of hydrogen-bond donors (Lipinski definition) is 0. The van der Waals surface area contributed by atoms with Crippen LogP contribution in [-0.2, 0) is 6.42 Å². The average Bonchev–Trinajstić information content (AvgIpc) is 3.01. The molecule has 0 unspecified atom stereocenters. The van der Waals surface area contributed by atoms with Crippen molar-refractivity contribution in [3.05, 3.63) is 23.5 Å². The van der Waals surface area contributed by atoms with Crippen LogP contribution in [0.1, 0.15) is 50.8 Å². The molecule has 1 heterocycles. The number of nitrogens with zero attached hydrogens (tertiary/aromatic N) is 1. The Balaban J connectivity index is 2.34. The molecule has 1 fully saturated rings. The van der Waals surface area contributed by atoms with Crippen LogP contribution < -0.4 is 4.74 Å². The topological polar surface area (TPSA) is 22.1 Å². The molecule has 0 saturated heterocycles. The number of rotatable bonds is 4. The van der Waals surface area contributed by atoms with Crippen molar-refractivity contribution in [2.75, 3.05) is 0 Å². The van der Waals surface area contributed by atoms with Crippen LogP contribution in [-0.4, -0.2) is 11.1 Å². The molecule has 0 aromatic carbocycles. The Morgan fingerprint density at radius 1 is 1.47 bits per heavy atom. The summed E-state index contributed by atoms with van der Waals surface area (Å²) in [5.74, 6) is 1.56. The molecule has 1 aromatic rings. The molecule has 15 heavy (non-hydrogen) atoms. The molecule has 0 atom stereocenters. The summed E-state index contributed by atoms with van der Waals surface area (Å²) in [6.45, 7) is 6.54. The molecular formula is C13H19NO. The van der Waals surface area contributed by atoms with Crippen LogP contribution in [0.15, 0.2) is 12.3 Å². The van der Waals surface area contributed by atoms with Crippen molar-refractivity contribution >= 4 is 0 Å². The summed E-state index contributed by atoms with van der Waals surface area (Å²) in [7, 11) is 0. The van der Waals surface area contributed by atoms with Gasteiger partial charge >= 0.3 is 0 Å². The fourth-order valence-electron chi connectivity index (χ4n) is 1.70. The highest BCUT2D eigenvalue weighted by Gasteiger charge is 2.26. The van der Waals surface area contributed by atoms with E-state index in [2.05, 4.69) is 31.8 Å². The van der Waals surface area contributed by atoms with Crippen molar-refractivity contribution in [2.24, 2.45) is 0 Å². The lowest BCUT2D eigenvalue weighted by atomic mass is 10.0. The van der Waals surface area contributed by atoms with Gasteiger partial charge in [0.05, 0.1) is 11.8 Å². The Morgan fingerprint density at radius 2 is 2.20 bits per heavy atom. The molecule has 0 bridgehead atoms. The quantitative estimate of drug-likeness (QED) is 0.752. The van der Waals surface area contributed by atoms with Gasteiger partial charge in [-0.2, -0.15) is 0 Å². The number of aromatic nitrogens is 1. The molecule has 2 heteroatoms. The lowest BCUT2D eigenvalue weighted by molar-refractivity contribution is 0.294. The van der Waals surface area contributed by atoms with Crippen molar-refractivity contribution in [1.29, 1.82) is 0 Å². The summed E-state index contributed by atoms with van der Waals surface area (Å²) in [6, 6.07) is 2.08. The van der Waals surface area contributed by atoms with Crippen LogP contribution in [0, 0.1) is 0 Å². The van der Waals surface area contributed by atoms with Gasteiger partial charge in [-0.05, 0) is 31.2 Å². The first-order chi connectivity index (χ1) is 7.22. The monoisotopic (exact) mass is 205 g/mol. The van der Waals surface area contributed by atoms with Crippen molar-refractivity contribution in [1.82, 2.24) is 4.98 Å². The minimum atomic E-state index is 0.456. The lowest BCUT2D eigenvalue weighted by Crippen LogP contribution is -2.05. The van der Waals surface area contributed by atoms with Crippen LogP contribution in [0.4, 0.5) is 0 Å². The first kappa shape index (κ1) is 10.5. The molecule has 0 amide bonds. The number of pyridine rings is 1. The maximum absolute atomic E-state index is 5.98. The summed E-state index contributed by atoms with van der Waals surface area (Å²) in [6.07, 6.45) is 5.71. The summed E-state index contributed by atoms with van der Waals surface area (Å²) in [5.41, 5.74) is 2.40. The molecule has 0 aliphatic heterocycles. The fraction of sp³-hybridized carbons (Fsp3) is 0.615. The smallest absolute Gasteiger partial charge is 0.144 e. The van der Waals surface area contributed by atoms with E-state index in [0.29, 0.717) is 12.0 Å². The van der Waals surface area contributed by atoms with E-state index in [1.807, 2.05) is 6.20 Å². The third kappa shape index (κ3) is 2.31. The zero-order chi connectivity index (χ0) is 10.8. The molecular weight excluding hydrogens is 186 g/mol. The van der Waals surface area contributed by atoms with E-state index < -0.39 is 0 Å². The standard InChI is InChI=1S/C13H19NO/c1-4-12-13(15-10-5-6-10)11(9(2)3)7-8-14-12/h7-10H,4-6H2,1-3H3. The molecule has 1 aliphatic carbocycles. The van der Waals surface area contributed by atoms with Gasteiger partial charge in [0, 0.05) is 11.8 Å². The van der Waals surface area contributed by atoms with E-state index >= 15 is 0 Å². The third-order valence-corrected chi connectivity index (χ3v) is 2.77. The summed E-state index contributed by atoms with van der Waals surface area (Å²) < 4.78 is 5.98. The van der Waals surface area contributed by atoms with Gasteiger partial charge in [0.25, 0.3) is 0 Å². The molecule has 0 spiro atoms.